The van der Waals surface area contributed by atoms with Crippen LogP contribution in [0.1, 0.15) is 5.56 Å². The molecule has 0 radical (unpaired) electrons. The Morgan fingerprint density at radius 2 is 1.86 bits per heavy atom. The fraction of sp³-hybridized carbons (Fsp3) is 0.214. The number of halogens is 3. The van der Waals surface area contributed by atoms with E-state index in [1.165, 1.54) is 0 Å². The third kappa shape index (κ3) is 4.10. The van der Waals surface area contributed by atoms with Gasteiger partial charge in [-0.1, -0.05) is 11.6 Å². The molecule has 0 bridgehead atoms. The normalized spacial score (nSPS) is 10.5. The number of nitrogens with one attached hydrogen (secondary N) is 1. The number of aromatic nitrogens is 1. The quantitative estimate of drug-likeness (QED) is 0.733. The summed E-state index contributed by atoms with van der Waals surface area (Å²) in [6, 6.07) is 5.45. The molecule has 21 heavy (non-hydrogen) atoms. The van der Waals surface area contributed by atoms with Crippen LogP contribution in [-0.2, 0) is 6.54 Å². The van der Waals surface area contributed by atoms with Gasteiger partial charge in [-0.15, -0.1) is 0 Å². The first-order valence-corrected chi connectivity index (χ1v) is 8.01. The SMILES string of the molecule is CNCc1cc(Oc2cc(Br)c(OC)cc2Br)ncc1Cl. The molecule has 0 atom stereocenters. The maximum atomic E-state index is 6.08. The molecular weight excluding hydrogens is 423 g/mol. The number of hydrogen-bond acceptors (Lipinski definition) is 4. The van der Waals surface area contributed by atoms with Gasteiger partial charge in [0.2, 0.25) is 5.88 Å². The van der Waals surface area contributed by atoms with E-state index in [0.717, 1.165) is 14.5 Å². The van der Waals surface area contributed by atoms with Crippen molar-refractivity contribution in [2.24, 2.45) is 0 Å². The number of rotatable bonds is 5. The second-order valence-electron chi connectivity index (χ2n) is 4.16. The van der Waals surface area contributed by atoms with E-state index in [0.29, 0.717) is 28.9 Å². The van der Waals surface area contributed by atoms with Gasteiger partial charge >= 0.3 is 0 Å². The first-order chi connectivity index (χ1) is 10.0. The largest absolute Gasteiger partial charge is 0.496 e. The molecule has 0 spiro atoms. The van der Waals surface area contributed by atoms with Crippen LogP contribution in [0, 0.1) is 0 Å². The minimum absolute atomic E-state index is 0.474. The number of benzene rings is 1. The van der Waals surface area contributed by atoms with Gasteiger partial charge in [0, 0.05) is 18.8 Å². The van der Waals surface area contributed by atoms with Gasteiger partial charge in [-0.05, 0) is 56.6 Å². The third-order valence-corrected chi connectivity index (χ3v) is 4.28. The lowest BCUT2D eigenvalue weighted by Crippen LogP contribution is -2.06. The zero-order valence-electron chi connectivity index (χ0n) is 11.4. The van der Waals surface area contributed by atoms with Gasteiger partial charge in [0.25, 0.3) is 0 Å². The highest BCUT2D eigenvalue weighted by Gasteiger charge is 2.11. The summed E-state index contributed by atoms with van der Waals surface area (Å²) in [4.78, 5) is 4.18. The molecule has 0 fully saturated rings. The van der Waals surface area contributed by atoms with Crippen LogP contribution in [0.5, 0.6) is 17.4 Å². The minimum Gasteiger partial charge on any atom is -0.496 e. The Labute approximate surface area is 145 Å². The number of nitrogens with zero attached hydrogens (tertiary/aromatic N) is 1. The smallest absolute Gasteiger partial charge is 0.219 e. The Morgan fingerprint density at radius 3 is 2.52 bits per heavy atom. The molecule has 1 heterocycles. The Hall–Kier alpha value is -0.820. The second kappa shape index (κ2) is 7.45. The van der Waals surface area contributed by atoms with Crippen LogP contribution in [0.4, 0.5) is 0 Å². The Kier molecular flexibility index (Phi) is 5.87. The van der Waals surface area contributed by atoms with Crippen molar-refractivity contribution in [2.75, 3.05) is 14.2 Å². The van der Waals surface area contributed by atoms with Gasteiger partial charge in [-0.3, -0.25) is 0 Å². The van der Waals surface area contributed by atoms with Gasteiger partial charge in [-0.2, -0.15) is 0 Å². The molecule has 1 aromatic carbocycles. The van der Waals surface area contributed by atoms with Crippen LogP contribution in [0.2, 0.25) is 5.02 Å². The van der Waals surface area contributed by atoms with Crippen LogP contribution in [0.25, 0.3) is 0 Å². The van der Waals surface area contributed by atoms with Crippen LogP contribution in [0.3, 0.4) is 0 Å². The highest BCUT2D eigenvalue weighted by atomic mass is 79.9. The van der Waals surface area contributed by atoms with Crippen molar-refractivity contribution in [3.8, 4) is 17.4 Å². The molecule has 0 saturated heterocycles. The average molecular weight is 437 g/mol. The van der Waals surface area contributed by atoms with Gasteiger partial charge < -0.3 is 14.8 Å². The summed E-state index contributed by atoms with van der Waals surface area (Å²) in [7, 11) is 3.46. The van der Waals surface area contributed by atoms with Crippen LogP contribution < -0.4 is 14.8 Å². The molecule has 1 aromatic heterocycles. The van der Waals surface area contributed by atoms with E-state index in [4.69, 9.17) is 21.1 Å². The lowest BCUT2D eigenvalue weighted by atomic mass is 10.2. The van der Waals surface area contributed by atoms with Crippen LogP contribution in [-0.4, -0.2) is 19.1 Å². The Morgan fingerprint density at radius 1 is 1.19 bits per heavy atom. The molecule has 4 nitrogen and oxygen atoms in total. The molecule has 2 aromatic rings. The van der Waals surface area contributed by atoms with E-state index >= 15 is 0 Å². The van der Waals surface area contributed by atoms with Crippen LogP contribution >= 0.6 is 43.5 Å². The number of pyridine rings is 1. The average Bonchev–Trinajstić information content (AvgIpc) is 2.46. The van der Waals surface area contributed by atoms with Crippen molar-refractivity contribution in [2.45, 2.75) is 6.54 Å². The number of hydrogen-bond donors (Lipinski definition) is 1. The summed E-state index contributed by atoms with van der Waals surface area (Å²) >= 11 is 13.0. The molecule has 0 aliphatic rings. The van der Waals surface area contributed by atoms with E-state index < -0.39 is 0 Å². The van der Waals surface area contributed by atoms with E-state index in [2.05, 4.69) is 42.2 Å². The predicted molar refractivity (Wildman–Crippen MR) is 90.5 cm³/mol. The van der Waals surface area contributed by atoms with E-state index in [1.807, 2.05) is 25.2 Å². The van der Waals surface area contributed by atoms with E-state index in [-0.39, 0.29) is 0 Å². The highest BCUT2D eigenvalue weighted by Crippen LogP contribution is 2.38. The van der Waals surface area contributed by atoms with Gasteiger partial charge in [0.15, 0.2) is 0 Å². The number of ether oxygens (including phenoxy) is 2. The van der Waals surface area contributed by atoms with Crippen molar-refractivity contribution in [3.63, 3.8) is 0 Å². The zero-order chi connectivity index (χ0) is 15.4. The first-order valence-electron chi connectivity index (χ1n) is 6.05. The van der Waals surface area contributed by atoms with Crippen LogP contribution in [0.15, 0.2) is 33.3 Å². The summed E-state index contributed by atoms with van der Waals surface area (Å²) in [5.41, 5.74) is 0.924. The van der Waals surface area contributed by atoms with Crippen molar-refractivity contribution in [3.05, 3.63) is 43.9 Å². The minimum atomic E-state index is 0.474. The monoisotopic (exact) mass is 434 g/mol. The topological polar surface area (TPSA) is 43.4 Å². The molecule has 2 rings (SSSR count). The molecular formula is C14H13Br2ClN2O2. The molecule has 112 valence electrons. The van der Waals surface area contributed by atoms with Gasteiger partial charge in [-0.25, -0.2) is 4.98 Å². The van der Waals surface area contributed by atoms with Gasteiger partial charge in [0.1, 0.15) is 11.5 Å². The summed E-state index contributed by atoms with van der Waals surface area (Å²) < 4.78 is 12.6. The maximum Gasteiger partial charge on any atom is 0.219 e. The number of methoxy groups -OCH3 is 1. The van der Waals surface area contributed by atoms with E-state index in [1.54, 1.807) is 13.3 Å². The molecule has 1 N–H and O–H groups in total. The molecule has 0 aliphatic carbocycles. The second-order valence-corrected chi connectivity index (χ2v) is 6.28. The van der Waals surface area contributed by atoms with Crippen molar-refractivity contribution in [1.29, 1.82) is 0 Å². The summed E-state index contributed by atoms with van der Waals surface area (Å²) in [6.45, 7) is 0.644. The first kappa shape index (κ1) is 16.5. The summed E-state index contributed by atoms with van der Waals surface area (Å²) in [5.74, 6) is 1.82. The Balaban J connectivity index is 2.30. The van der Waals surface area contributed by atoms with Crippen molar-refractivity contribution >= 4 is 43.5 Å². The lowest BCUT2D eigenvalue weighted by Gasteiger charge is -2.11. The summed E-state index contributed by atoms with van der Waals surface area (Å²) in [6.07, 6.45) is 1.58. The predicted octanol–water partition coefficient (Wildman–Crippen LogP) is 4.78. The standard InChI is InChI=1S/C14H13Br2ClN2O2/c1-18-6-8-3-14(19-7-11(8)17)21-13-5-9(15)12(20-2)4-10(13)16/h3-5,7,18H,6H2,1-2H3. The fourth-order valence-electron chi connectivity index (χ4n) is 1.70. The van der Waals surface area contributed by atoms with Crippen molar-refractivity contribution in [1.82, 2.24) is 10.3 Å². The zero-order valence-corrected chi connectivity index (χ0v) is 15.3. The fourth-order valence-corrected chi connectivity index (χ4v) is 2.76. The third-order valence-electron chi connectivity index (χ3n) is 2.70. The maximum absolute atomic E-state index is 6.08. The molecule has 0 amide bonds. The van der Waals surface area contributed by atoms with Crippen molar-refractivity contribution < 1.29 is 9.47 Å². The molecule has 0 aliphatic heterocycles. The van der Waals surface area contributed by atoms with E-state index in [9.17, 15) is 0 Å². The molecule has 0 unspecified atom stereocenters. The molecule has 7 heteroatoms. The Bertz CT molecular complexity index is 653. The lowest BCUT2D eigenvalue weighted by molar-refractivity contribution is 0.408. The molecule has 0 saturated carbocycles. The summed E-state index contributed by atoms with van der Waals surface area (Å²) in [5, 5.41) is 3.65. The van der Waals surface area contributed by atoms with Gasteiger partial charge in [0.05, 0.1) is 21.1 Å². The highest BCUT2D eigenvalue weighted by molar-refractivity contribution is 9.11.